The van der Waals surface area contributed by atoms with Crippen molar-refractivity contribution in [1.82, 2.24) is 4.57 Å². The topological polar surface area (TPSA) is 38.9 Å². The molecule has 0 N–H and O–H groups in total. The second kappa shape index (κ2) is 15.8. The molecule has 0 unspecified atom stereocenters. The van der Waals surface area contributed by atoms with E-state index in [-0.39, 0.29) is 0 Å². The Kier molecular flexibility index (Phi) is 10.0. The van der Waals surface area contributed by atoms with E-state index in [0.717, 1.165) is 81.3 Å². The highest BCUT2D eigenvalue weighted by Crippen LogP contribution is 2.35. The molecule has 7 aromatic carbocycles. The summed E-state index contributed by atoms with van der Waals surface area (Å²) in [5.74, 6) is 0.904. The number of nitrogens with zero attached hydrogens (tertiary/aromatic N) is 3. The van der Waals surface area contributed by atoms with Crippen molar-refractivity contribution in [3.8, 4) is 5.75 Å². The van der Waals surface area contributed by atoms with Crippen molar-refractivity contribution < 1.29 is 4.74 Å². The van der Waals surface area contributed by atoms with Gasteiger partial charge in [0.15, 0.2) is 0 Å². The molecule has 258 valence electrons. The smallest absolute Gasteiger partial charge is 0.119 e. The number of hydrogen-bond donors (Lipinski definition) is 0. The molecule has 0 spiro atoms. The predicted octanol–water partition coefficient (Wildman–Crippen LogP) is 12.4. The highest BCUT2D eigenvalue weighted by Gasteiger charge is 2.15. The van der Waals surface area contributed by atoms with E-state index in [0.29, 0.717) is 6.54 Å². The van der Waals surface area contributed by atoms with Crippen molar-refractivity contribution in [1.29, 1.82) is 0 Å². The van der Waals surface area contributed by atoms with E-state index in [1.165, 1.54) is 16.3 Å². The van der Waals surface area contributed by atoms with Crippen LogP contribution in [0.3, 0.4) is 0 Å². The summed E-state index contributed by atoms with van der Waals surface area (Å²) in [5, 5.41) is 2.36. The summed E-state index contributed by atoms with van der Waals surface area (Å²) in [6.07, 6.45) is 2.16. The summed E-state index contributed by atoms with van der Waals surface area (Å²) in [4.78, 5) is 10.6. The van der Waals surface area contributed by atoms with Gasteiger partial charge >= 0.3 is 0 Å². The minimum absolute atomic E-state index is 0.685. The summed E-state index contributed by atoms with van der Waals surface area (Å²) in [6.45, 7) is 3.60. The van der Waals surface area contributed by atoms with Gasteiger partial charge in [0.1, 0.15) is 5.75 Å². The minimum atomic E-state index is 0.685. The van der Waals surface area contributed by atoms with Crippen LogP contribution in [0.25, 0.3) is 21.8 Å². The standard InChI is InChI=1S/C49H41N3O/c1-2-3-32-53-43-28-24-36(25-29-43)35-52-46-33-41(50-48(37-16-8-4-9-17-37)38-18-10-5-11-19-38)26-30-44(46)45-31-27-42(34-47(45)52)51-49(39-20-12-6-13-21-39)40-22-14-7-15-23-40/h4-31,33-34H,2-3,32,35H2,1H3. The SMILES string of the molecule is CCCCOc1ccc(Cn2c3cc(N=C(c4ccccc4)c4ccccc4)ccc3c3ccc(N=C(c4ccccc4)c4ccccc4)cc32)cc1. The lowest BCUT2D eigenvalue weighted by molar-refractivity contribution is 0.309. The van der Waals surface area contributed by atoms with Gasteiger partial charge in [-0.15, -0.1) is 0 Å². The van der Waals surface area contributed by atoms with E-state index in [1.807, 2.05) is 24.3 Å². The molecule has 0 amide bonds. The van der Waals surface area contributed by atoms with Gasteiger partial charge in [0.25, 0.3) is 0 Å². The van der Waals surface area contributed by atoms with Gasteiger partial charge in [0.2, 0.25) is 0 Å². The lowest BCUT2D eigenvalue weighted by atomic mass is 10.0. The molecule has 0 bridgehead atoms. The second-order valence-corrected chi connectivity index (χ2v) is 13.2. The first-order valence-corrected chi connectivity index (χ1v) is 18.4. The third-order valence-electron chi connectivity index (χ3n) is 9.54. The van der Waals surface area contributed by atoms with Crippen molar-refractivity contribution in [2.45, 2.75) is 26.3 Å². The first-order valence-electron chi connectivity index (χ1n) is 18.4. The summed E-state index contributed by atoms with van der Waals surface area (Å²) in [7, 11) is 0. The average Bonchev–Trinajstić information content (AvgIpc) is 3.52. The third-order valence-corrected chi connectivity index (χ3v) is 9.54. The quantitative estimate of drug-likeness (QED) is 0.0931. The van der Waals surface area contributed by atoms with Crippen LogP contribution in [0.2, 0.25) is 0 Å². The third kappa shape index (κ3) is 7.58. The predicted molar refractivity (Wildman–Crippen MR) is 222 cm³/mol. The number of rotatable bonds is 12. The molecule has 0 aliphatic carbocycles. The van der Waals surface area contributed by atoms with Crippen molar-refractivity contribution in [3.63, 3.8) is 0 Å². The van der Waals surface area contributed by atoms with Crippen molar-refractivity contribution in [3.05, 3.63) is 210 Å². The molecule has 0 aliphatic heterocycles. The number of ether oxygens (including phenoxy) is 1. The molecule has 4 heteroatoms. The summed E-state index contributed by atoms with van der Waals surface area (Å²) in [6, 6.07) is 63.4. The lowest BCUT2D eigenvalue weighted by Crippen LogP contribution is -2.03. The Morgan fingerprint density at radius 1 is 0.491 bits per heavy atom. The fourth-order valence-corrected chi connectivity index (χ4v) is 6.82. The van der Waals surface area contributed by atoms with E-state index in [9.17, 15) is 0 Å². The Morgan fingerprint density at radius 2 is 0.906 bits per heavy atom. The fraction of sp³-hybridized carbons (Fsp3) is 0.102. The Balaban J connectivity index is 1.28. The molecule has 0 radical (unpaired) electrons. The van der Waals surface area contributed by atoms with Crippen LogP contribution in [-0.4, -0.2) is 22.6 Å². The fourth-order valence-electron chi connectivity index (χ4n) is 6.82. The molecule has 53 heavy (non-hydrogen) atoms. The van der Waals surface area contributed by atoms with Gasteiger partial charge in [-0.3, -0.25) is 0 Å². The molecule has 1 heterocycles. The maximum Gasteiger partial charge on any atom is 0.119 e. The number of benzene rings is 7. The summed E-state index contributed by atoms with van der Waals surface area (Å²) >= 11 is 0. The number of aliphatic imine (C=N–C) groups is 2. The molecule has 0 atom stereocenters. The number of unbranched alkanes of at least 4 members (excludes halogenated alkanes) is 1. The van der Waals surface area contributed by atoms with Gasteiger partial charge in [-0.05, 0) is 48.4 Å². The average molecular weight is 688 g/mol. The monoisotopic (exact) mass is 687 g/mol. The van der Waals surface area contributed by atoms with E-state index >= 15 is 0 Å². The molecule has 4 nitrogen and oxygen atoms in total. The van der Waals surface area contributed by atoms with Crippen LogP contribution >= 0.6 is 0 Å². The van der Waals surface area contributed by atoms with E-state index in [2.05, 4.69) is 169 Å². The second-order valence-electron chi connectivity index (χ2n) is 13.2. The molecule has 1 aromatic heterocycles. The van der Waals surface area contributed by atoms with Gasteiger partial charge in [0.05, 0.1) is 40.4 Å². The van der Waals surface area contributed by atoms with Crippen molar-refractivity contribution >= 4 is 44.6 Å². The molecule has 0 saturated heterocycles. The van der Waals surface area contributed by atoms with Crippen molar-refractivity contribution in [2.75, 3.05) is 6.61 Å². The van der Waals surface area contributed by atoms with Crippen LogP contribution in [0.5, 0.6) is 5.75 Å². The molecule has 0 saturated carbocycles. The highest BCUT2D eigenvalue weighted by atomic mass is 16.5. The van der Waals surface area contributed by atoms with E-state index < -0.39 is 0 Å². The Bertz CT molecular complexity index is 2270. The Labute approximate surface area is 311 Å². The maximum atomic E-state index is 5.99. The first-order chi connectivity index (χ1) is 26.2. The van der Waals surface area contributed by atoms with Crippen LogP contribution in [0.15, 0.2) is 192 Å². The summed E-state index contributed by atoms with van der Waals surface area (Å²) in [5.41, 5.74) is 11.4. The molecule has 0 fully saturated rings. The van der Waals surface area contributed by atoms with Crippen molar-refractivity contribution in [2.24, 2.45) is 9.98 Å². The van der Waals surface area contributed by atoms with Gasteiger partial charge in [0, 0.05) is 39.6 Å². The molecule has 8 rings (SSSR count). The number of aromatic nitrogens is 1. The largest absolute Gasteiger partial charge is 0.494 e. The zero-order chi connectivity index (χ0) is 35.8. The first kappa shape index (κ1) is 33.6. The van der Waals surface area contributed by atoms with E-state index in [1.54, 1.807) is 0 Å². The summed E-state index contributed by atoms with van der Waals surface area (Å²) < 4.78 is 8.40. The van der Waals surface area contributed by atoms with Gasteiger partial charge in [-0.1, -0.05) is 159 Å². The van der Waals surface area contributed by atoms with Gasteiger partial charge < -0.3 is 9.30 Å². The number of hydrogen-bond acceptors (Lipinski definition) is 3. The zero-order valence-electron chi connectivity index (χ0n) is 29.9. The van der Waals surface area contributed by atoms with Crippen LogP contribution in [0.1, 0.15) is 47.6 Å². The Hall–Kier alpha value is -6.52. The van der Waals surface area contributed by atoms with Crippen LogP contribution in [-0.2, 0) is 6.54 Å². The maximum absolute atomic E-state index is 5.99. The van der Waals surface area contributed by atoms with Crippen LogP contribution in [0, 0.1) is 0 Å². The normalized spacial score (nSPS) is 11.0. The molecular formula is C49H41N3O. The van der Waals surface area contributed by atoms with Crippen LogP contribution < -0.4 is 4.74 Å². The lowest BCUT2D eigenvalue weighted by Gasteiger charge is -2.11. The molecule has 8 aromatic rings. The minimum Gasteiger partial charge on any atom is -0.494 e. The van der Waals surface area contributed by atoms with E-state index in [4.69, 9.17) is 14.7 Å². The number of fused-ring (bicyclic) bond motifs is 3. The molecular weight excluding hydrogens is 647 g/mol. The Morgan fingerprint density at radius 3 is 1.30 bits per heavy atom. The van der Waals surface area contributed by atoms with Crippen LogP contribution in [0.4, 0.5) is 11.4 Å². The highest BCUT2D eigenvalue weighted by molar-refractivity contribution is 6.16. The van der Waals surface area contributed by atoms with Gasteiger partial charge in [-0.2, -0.15) is 0 Å². The van der Waals surface area contributed by atoms with Gasteiger partial charge in [-0.25, -0.2) is 9.98 Å². The zero-order valence-corrected chi connectivity index (χ0v) is 29.9. The molecule has 0 aliphatic rings.